The lowest BCUT2D eigenvalue weighted by atomic mass is 10.2. The number of nitrogen functional groups attached to an aromatic ring is 1. The van der Waals surface area contributed by atoms with Gasteiger partial charge in [0.2, 0.25) is 11.9 Å². The fourth-order valence-electron chi connectivity index (χ4n) is 1.57. The Balaban J connectivity index is 2.28. The number of hydrogen-bond acceptors (Lipinski definition) is 6. The van der Waals surface area contributed by atoms with Crippen LogP contribution in [-0.2, 0) is 4.79 Å². The van der Waals surface area contributed by atoms with E-state index in [-0.39, 0.29) is 24.3 Å². The van der Waals surface area contributed by atoms with Gasteiger partial charge in [0.05, 0.1) is 5.39 Å². The maximum atomic E-state index is 10.8. The fourth-order valence-corrected chi connectivity index (χ4v) is 2.34. The Kier molecular flexibility index (Phi) is 3.10. The lowest BCUT2D eigenvalue weighted by Gasteiger charge is -2.13. The molecule has 1 atom stereocenters. The number of hydrogen-bond donors (Lipinski definition) is 3. The molecule has 2 heterocycles. The molecule has 0 saturated heterocycles. The zero-order valence-electron chi connectivity index (χ0n) is 9.30. The van der Waals surface area contributed by atoms with Crippen molar-refractivity contribution < 1.29 is 4.79 Å². The minimum absolute atomic E-state index is 0.0927. The molecule has 0 aliphatic heterocycles. The van der Waals surface area contributed by atoms with Crippen molar-refractivity contribution >= 4 is 39.2 Å². The van der Waals surface area contributed by atoms with E-state index in [1.54, 1.807) is 0 Å². The third-order valence-electron chi connectivity index (χ3n) is 2.23. The maximum absolute atomic E-state index is 10.8. The molecule has 6 nitrogen and oxygen atoms in total. The van der Waals surface area contributed by atoms with Crippen molar-refractivity contribution in [1.29, 1.82) is 0 Å². The molecule has 1 amide bonds. The third kappa shape index (κ3) is 2.62. The molecule has 2 aromatic rings. The monoisotopic (exact) mass is 251 g/mol. The van der Waals surface area contributed by atoms with Crippen LogP contribution >= 0.6 is 11.3 Å². The van der Waals surface area contributed by atoms with E-state index >= 15 is 0 Å². The lowest BCUT2D eigenvalue weighted by molar-refractivity contribution is -0.118. The molecule has 0 spiro atoms. The van der Waals surface area contributed by atoms with Crippen LogP contribution in [0.4, 0.5) is 11.8 Å². The van der Waals surface area contributed by atoms with Gasteiger partial charge in [0.1, 0.15) is 10.6 Å². The highest BCUT2D eigenvalue weighted by molar-refractivity contribution is 7.16. The standard InChI is InChI=1S/C10H13N5OS/c1-5(4-7(11)16)13-8-6-2-3-17-9(6)15-10(12)14-8/h2-3,5H,4H2,1H3,(H2,11,16)(H3,12,13,14,15). The van der Waals surface area contributed by atoms with Gasteiger partial charge >= 0.3 is 0 Å². The van der Waals surface area contributed by atoms with Gasteiger partial charge in [-0.2, -0.15) is 4.98 Å². The quantitative estimate of drug-likeness (QED) is 0.750. The summed E-state index contributed by atoms with van der Waals surface area (Å²) >= 11 is 1.49. The topological polar surface area (TPSA) is 107 Å². The number of nitrogens with one attached hydrogen (secondary N) is 1. The van der Waals surface area contributed by atoms with E-state index < -0.39 is 0 Å². The summed E-state index contributed by atoms with van der Waals surface area (Å²) in [6.07, 6.45) is 0.246. The highest BCUT2D eigenvalue weighted by Crippen LogP contribution is 2.26. The Morgan fingerprint density at radius 1 is 1.59 bits per heavy atom. The largest absolute Gasteiger partial charge is 0.370 e. The molecule has 7 heteroatoms. The number of primary amides is 1. The SMILES string of the molecule is CC(CC(N)=O)Nc1nc(N)nc2sccc12. The van der Waals surface area contributed by atoms with Gasteiger partial charge in [0.15, 0.2) is 0 Å². The van der Waals surface area contributed by atoms with Crippen molar-refractivity contribution in [2.75, 3.05) is 11.1 Å². The van der Waals surface area contributed by atoms with Crippen molar-refractivity contribution in [3.63, 3.8) is 0 Å². The molecule has 5 N–H and O–H groups in total. The third-order valence-corrected chi connectivity index (χ3v) is 3.04. The van der Waals surface area contributed by atoms with E-state index in [2.05, 4.69) is 15.3 Å². The zero-order chi connectivity index (χ0) is 12.4. The highest BCUT2D eigenvalue weighted by atomic mass is 32.1. The molecule has 0 fully saturated rings. The molecule has 0 aliphatic carbocycles. The number of rotatable bonds is 4. The molecular formula is C10H13N5OS. The van der Waals surface area contributed by atoms with Crippen molar-refractivity contribution in [2.45, 2.75) is 19.4 Å². The average Bonchev–Trinajstić information content (AvgIpc) is 2.63. The number of carbonyl (C=O) groups excluding carboxylic acids is 1. The van der Waals surface area contributed by atoms with E-state index in [1.807, 2.05) is 18.4 Å². The molecule has 1 unspecified atom stereocenters. The van der Waals surface area contributed by atoms with Crippen LogP contribution in [0.3, 0.4) is 0 Å². The van der Waals surface area contributed by atoms with Crippen LogP contribution in [0.2, 0.25) is 0 Å². The minimum atomic E-state index is -0.353. The summed E-state index contributed by atoms with van der Waals surface area (Å²) in [5, 5.41) is 5.94. The van der Waals surface area contributed by atoms with Gasteiger partial charge < -0.3 is 16.8 Å². The molecule has 0 radical (unpaired) electrons. The predicted octanol–water partition coefficient (Wildman–Crippen LogP) is 0.949. The zero-order valence-corrected chi connectivity index (χ0v) is 10.1. The van der Waals surface area contributed by atoms with Crippen LogP contribution < -0.4 is 16.8 Å². The van der Waals surface area contributed by atoms with Crippen LogP contribution in [0.1, 0.15) is 13.3 Å². The van der Waals surface area contributed by atoms with Crippen molar-refractivity contribution in [3.05, 3.63) is 11.4 Å². The van der Waals surface area contributed by atoms with E-state index in [9.17, 15) is 4.79 Å². The number of nitrogens with zero attached hydrogens (tertiary/aromatic N) is 2. The van der Waals surface area contributed by atoms with Gasteiger partial charge in [-0.15, -0.1) is 11.3 Å². The summed E-state index contributed by atoms with van der Waals surface area (Å²) in [5.41, 5.74) is 10.7. The molecule has 0 saturated carbocycles. The summed E-state index contributed by atoms with van der Waals surface area (Å²) in [4.78, 5) is 19.9. The Labute approximate surface area is 102 Å². The second kappa shape index (κ2) is 4.54. The van der Waals surface area contributed by atoms with Crippen LogP contribution in [0, 0.1) is 0 Å². The number of anilines is 2. The van der Waals surface area contributed by atoms with E-state index in [4.69, 9.17) is 11.5 Å². The number of thiophene rings is 1. The summed E-state index contributed by atoms with van der Waals surface area (Å²) < 4.78 is 0. The first-order chi connectivity index (χ1) is 8.06. The van der Waals surface area contributed by atoms with E-state index in [0.29, 0.717) is 5.82 Å². The first-order valence-electron chi connectivity index (χ1n) is 5.12. The van der Waals surface area contributed by atoms with Crippen molar-refractivity contribution in [3.8, 4) is 0 Å². The maximum Gasteiger partial charge on any atom is 0.223 e. The predicted molar refractivity (Wildman–Crippen MR) is 68.7 cm³/mol. The van der Waals surface area contributed by atoms with Crippen LogP contribution in [0.15, 0.2) is 11.4 Å². The van der Waals surface area contributed by atoms with Crippen molar-refractivity contribution in [2.24, 2.45) is 5.73 Å². The first-order valence-corrected chi connectivity index (χ1v) is 6.00. The Bertz CT molecular complexity index is 553. The molecular weight excluding hydrogens is 238 g/mol. The molecule has 2 aromatic heterocycles. The normalized spacial score (nSPS) is 12.5. The van der Waals surface area contributed by atoms with Crippen LogP contribution in [0.25, 0.3) is 10.2 Å². The van der Waals surface area contributed by atoms with E-state index in [0.717, 1.165) is 10.2 Å². The lowest BCUT2D eigenvalue weighted by Crippen LogP contribution is -2.24. The molecule has 17 heavy (non-hydrogen) atoms. The van der Waals surface area contributed by atoms with Gasteiger partial charge in [-0.1, -0.05) is 0 Å². The number of aromatic nitrogens is 2. The highest BCUT2D eigenvalue weighted by Gasteiger charge is 2.11. The van der Waals surface area contributed by atoms with Gasteiger partial charge in [-0.3, -0.25) is 4.79 Å². The Morgan fingerprint density at radius 2 is 2.35 bits per heavy atom. The molecule has 0 aliphatic rings. The second-order valence-corrected chi connectivity index (χ2v) is 4.68. The van der Waals surface area contributed by atoms with E-state index in [1.165, 1.54) is 11.3 Å². The first kappa shape index (κ1) is 11.6. The minimum Gasteiger partial charge on any atom is -0.370 e. The fraction of sp³-hybridized carbons (Fsp3) is 0.300. The Morgan fingerprint density at radius 3 is 3.06 bits per heavy atom. The van der Waals surface area contributed by atoms with Crippen LogP contribution in [0.5, 0.6) is 0 Å². The summed E-state index contributed by atoms with van der Waals surface area (Å²) in [5.74, 6) is 0.504. The number of amides is 1. The second-order valence-electron chi connectivity index (χ2n) is 3.79. The average molecular weight is 251 g/mol. The smallest absolute Gasteiger partial charge is 0.223 e. The number of nitrogens with two attached hydrogens (primary N) is 2. The summed E-state index contributed by atoms with van der Waals surface area (Å²) in [6.45, 7) is 1.86. The molecule has 0 bridgehead atoms. The van der Waals surface area contributed by atoms with Gasteiger partial charge in [-0.25, -0.2) is 4.98 Å². The summed E-state index contributed by atoms with van der Waals surface area (Å²) in [7, 11) is 0. The van der Waals surface area contributed by atoms with Crippen LogP contribution in [-0.4, -0.2) is 21.9 Å². The van der Waals surface area contributed by atoms with Gasteiger partial charge in [-0.05, 0) is 18.4 Å². The van der Waals surface area contributed by atoms with Crippen molar-refractivity contribution in [1.82, 2.24) is 9.97 Å². The number of fused-ring (bicyclic) bond motifs is 1. The number of carbonyl (C=O) groups is 1. The van der Waals surface area contributed by atoms with Gasteiger partial charge in [0, 0.05) is 12.5 Å². The van der Waals surface area contributed by atoms with Gasteiger partial charge in [0.25, 0.3) is 0 Å². The molecule has 2 rings (SSSR count). The molecule has 0 aromatic carbocycles. The summed E-state index contributed by atoms with van der Waals surface area (Å²) in [6, 6.07) is 1.82. The Hall–Kier alpha value is -1.89. The molecule has 90 valence electrons.